The summed E-state index contributed by atoms with van der Waals surface area (Å²) in [6.45, 7) is 2.97. The van der Waals surface area contributed by atoms with E-state index in [4.69, 9.17) is 10.5 Å². The van der Waals surface area contributed by atoms with E-state index in [1.54, 1.807) is 11.3 Å². The molecule has 2 atom stereocenters. The number of rotatable bonds is 1. The fraction of sp³-hybridized carbons (Fsp3) is 0.600. The molecule has 2 rings (SSSR count). The molecule has 2 unspecified atom stereocenters. The minimum Gasteiger partial charge on any atom is -0.371 e. The van der Waals surface area contributed by atoms with Crippen LogP contribution in [0.1, 0.15) is 28.7 Å². The topological polar surface area (TPSA) is 35.2 Å². The Morgan fingerprint density at radius 3 is 3.00 bits per heavy atom. The van der Waals surface area contributed by atoms with E-state index >= 15 is 0 Å². The van der Waals surface area contributed by atoms with Crippen molar-refractivity contribution in [3.8, 4) is 0 Å². The molecule has 0 aromatic carbocycles. The van der Waals surface area contributed by atoms with Crippen molar-refractivity contribution in [3.63, 3.8) is 0 Å². The molecule has 0 amide bonds. The van der Waals surface area contributed by atoms with Gasteiger partial charge in [-0.05, 0) is 31.9 Å². The first-order valence-electron chi connectivity index (χ1n) is 4.71. The lowest BCUT2D eigenvalue weighted by Gasteiger charge is -2.28. The highest BCUT2D eigenvalue weighted by molar-refractivity contribution is 7.12. The van der Waals surface area contributed by atoms with Gasteiger partial charge in [0.25, 0.3) is 0 Å². The van der Waals surface area contributed by atoms with Gasteiger partial charge in [0.2, 0.25) is 0 Å². The Kier molecular flexibility index (Phi) is 2.67. The maximum Gasteiger partial charge on any atom is 0.107 e. The van der Waals surface area contributed by atoms with Gasteiger partial charge in [-0.2, -0.15) is 0 Å². The summed E-state index contributed by atoms with van der Waals surface area (Å²) in [6.07, 6.45) is 2.33. The third kappa shape index (κ3) is 1.93. The van der Waals surface area contributed by atoms with E-state index in [1.165, 1.54) is 9.75 Å². The summed E-state index contributed by atoms with van der Waals surface area (Å²) in [7, 11) is 0. The molecule has 3 heteroatoms. The maximum absolute atomic E-state index is 6.00. The van der Waals surface area contributed by atoms with Crippen LogP contribution < -0.4 is 5.73 Å². The van der Waals surface area contributed by atoms with Gasteiger partial charge in [0.1, 0.15) is 6.10 Å². The molecular formula is C10H15NOS. The summed E-state index contributed by atoms with van der Waals surface area (Å²) in [5, 5.41) is 0. The SMILES string of the molecule is Cc1ccc(C2OCCCC2N)s1. The zero-order valence-electron chi connectivity index (χ0n) is 7.82. The van der Waals surface area contributed by atoms with E-state index in [0.717, 1.165) is 19.4 Å². The number of aryl methyl sites for hydroxylation is 1. The highest BCUT2D eigenvalue weighted by atomic mass is 32.1. The third-order valence-corrected chi connectivity index (χ3v) is 3.47. The Balaban J connectivity index is 2.14. The number of nitrogens with two attached hydrogens (primary N) is 1. The van der Waals surface area contributed by atoms with Gasteiger partial charge in [0.15, 0.2) is 0 Å². The molecule has 2 N–H and O–H groups in total. The van der Waals surface area contributed by atoms with Crippen molar-refractivity contribution >= 4 is 11.3 Å². The van der Waals surface area contributed by atoms with Gasteiger partial charge < -0.3 is 10.5 Å². The van der Waals surface area contributed by atoms with Gasteiger partial charge in [-0.15, -0.1) is 11.3 Å². The van der Waals surface area contributed by atoms with Gasteiger partial charge in [-0.3, -0.25) is 0 Å². The number of hydrogen-bond acceptors (Lipinski definition) is 3. The van der Waals surface area contributed by atoms with E-state index < -0.39 is 0 Å². The third-order valence-electron chi connectivity index (χ3n) is 2.41. The van der Waals surface area contributed by atoms with Gasteiger partial charge in [0, 0.05) is 22.4 Å². The zero-order chi connectivity index (χ0) is 9.26. The number of thiophene rings is 1. The molecule has 13 heavy (non-hydrogen) atoms. The van der Waals surface area contributed by atoms with E-state index in [2.05, 4.69) is 19.1 Å². The molecule has 2 heterocycles. The van der Waals surface area contributed by atoms with Crippen LogP contribution in [0.3, 0.4) is 0 Å². The fourth-order valence-electron chi connectivity index (χ4n) is 1.70. The number of hydrogen-bond donors (Lipinski definition) is 1. The molecule has 1 aromatic rings. The van der Waals surface area contributed by atoms with Crippen molar-refractivity contribution in [2.75, 3.05) is 6.61 Å². The Hall–Kier alpha value is -0.380. The molecule has 1 aromatic heterocycles. The molecular weight excluding hydrogens is 182 g/mol. The zero-order valence-corrected chi connectivity index (χ0v) is 8.64. The molecule has 0 spiro atoms. The first-order chi connectivity index (χ1) is 6.27. The van der Waals surface area contributed by atoms with E-state index in [0.29, 0.717) is 0 Å². The molecule has 1 aliphatic rings. The van der Waals surface area contributed by atoms with Crippen molar-refractivity contribution in [3.05, 3.63) is 21.9 Å². The van der Waals surface area contributed by atoms with Crippen LogP contribution in [-0.2, 0) is 4.74 Å². The second kappa shape index (κ2) is 3.78. The largest absolute Gasteiger partial charge is 0.371 e. The van der Waals surface area contributed by atoms with Crippen LogP contribution in [0.2, 0.25) is 0 Å². The normalized spacial score (nSPS) is 29.1. The van der Waals surface area contributed by atoms with Crippen LogP contribution in [0.25, 0.3) is 0 Å². The molecule has 0 bridgehead atoms. The standard InChI is InChI=1S/C10H15NOS/c1-7-4-5-9(13-7)10-8(11)3-2-6-12-10/h4-5,8,10H,2-3,6,11H2,1H3. The minimum absolute atomic E-state index is 0.146. The molecule has 0 radical (unpaired) electrons. The molecule has 2 nitrogen and oxygen atoms in total. The van der Waals surface area contributed by atoms with Gasteiger partial charge in [-0.25, -0.2) is 0 Å². The molecule has 0 saturated carbocycles. The molecule has 1 saturated heterocycles. The van der Waals surface area contributed by atoms with Crippen molar-refractivity contribution in [1.82, 2.24) is 0 Å². The first-order valence-corrected chi connectivity index (χ1v) is 5.52. The second-order valence-corrected chi connectivity index (χ2v) is 4.87. The minimum atomic E-state index is 0.146. The van der Waals surface area contributed by atoms with Gasteiger partial charge >= 0.3 is 0 Å². The quantitative estimate of drug-likeness (QED) is 0.749. The summed E-state index contributed by atoms with van der Waals surface area (Å²) >= 11 is 1.79. The number of ether oxygens (including phenoxy) is 1. The van der Waals surface area contributed by atoms with Crippen molar-refractivity contribution in [1.29, 1.82) is 0 Å². The molecule has 1 aliphatic heterocycles. The Labute approximate surface area is 82.7 Å². The van der Waals surface area contributed by atoms with Crippen molar-refractivity contribution in [2.24, 2.45) is 5.73 Å². The van der Waals surface area contributed by atoms with Crippen molar-refractivity contribution in [2.45, 2.75) is 31.9 Å². The van der Waals surface area contributed by atoms with E-state index in [-0.39, 0.29) is 12.1 Å². The average Bonchev–Trinajstić information content (AvgIpc) is 2.53. The monoisotopic (exact) mass is 197 g/mol. The average molecular weight is 197 g/mol. The Bertz CT molecular complexity index is 284. The second-order valence-electron chi connectivity index (χ2n) is 3.55. The Morgan fingerprint density at radius 1 is 1.54 bits per heavy atom. The highest BCUT2D eigenvalue weighted by Gasteiger charge is 2.25. The van der Waals surface area contributed by atoms with Crippen LogP contribution in [0, 0.1) is 6.92 Å². The van der Waals surface area contributed by atoms with Crippen LogP contribution in [0.5, 0.6) is 0 Å². The summed E-state index contributed by atoms with van der Waals surface area (Å²) in [5.41, 5.74) is 6.00. The van der Waals surface area contributed by atoms with Crippen molar-refractivity contribution < 1.29 is 4.74 Å². The van der Waals surface area contributed by atoms with E-state index in [9.17, 15) is 0 Å². The highest BCUT2D eigenvalue weighted by Crippen LogP contribution is 2.31. The summed E-state index contributed by atoms with van der Waals surface area (Å²) in [5.74, 6) is 0. The molecule has 72 valence electrons. The van der Waals surface area contributed by atoms with Crippen LogP contribution in [-0.4, -0.2) is 12.6 Å². The summed E-state index contributed by atoms with van der Waals surface area (Å²) in [4.78, 5) is 2.61. The predicted octanol–water partition coefficient (Wildman–Crippen LogP) is 2.24. The lowest BCUT2D eigenvalue weighted by molar-refractivity contribution is 0.00235. The lowest BCUT2D eigenvalue weighted by atomic mass is 10.0. The van der Waals surface area contributed by atoms with Crippen LogP contribution in [0.15, 0.2) is 12.1 Å². The lowest BCUT2D eigenvalue weighted by Crippen LogP contribution is -2.33. The van der Waals surface area contributed by atoms with Crippen LogP contribution in [0.4, 0.5) is 0 Å². The summed E-state index contributed by atoms with van der Waals surface area (Å²) < 4.78 is 5.68. The maximum atomic E-state index is 6.00. The predicted molar refractivity (Wildman–Crippen MR) is 55.0 cm³/mol. The first kappa shape index (κ1) is 9.19. The van der Waals surface area contributed by atoms with Crippen LogP contribution >= 0.6 is 11.3 Å². The summed E-state index contributed by atoms with van der Waals surface area (Å²) in [6, 6.07) is 4.45. The molecule has 1 fully saturated rings. The smallest absolute Gasteiger partial charge is 0.107 e. The Morgan fingerprint density at radius 2 is 2.38 bits per heavy atom. The molecule has 0 aliphatic carbocycles. The van der Waals surface area contributed by atoms with E-state index in [1.807, 2.05) is 0 Å². The fourth-order valence-corrected chi connectivity index (χ4v) is 2.71. The van der Waals surface area contributed by atoms with Gasteiger partial charge in [0.05, 0.1) is 0 Å². The van der Waals surface area contributed by atoms with Gasteiger partial charge in [-0.1, -0.05) is 0 Å².